The summed E-state index contributed by atoms with van der Waals surface area (Å²) < 4.78 is 3.49. The Morgan fingerprint density at radius 1 is 1.33 bits per heavy atom. The lowest BCUT2D eigenvalue weighted by molar-refractivity contribution is 0.677. The monoisotopic (exact) mass is 259 g/mol. The minimum atomic E-state index is 1.08. The summed E-state index contributed by atoms with van der Waals surface area (Å²) in [5.74, 6) is 0. The standard InChI is InChI=1S/C14H17N3S/c1-15-7-3-2-4-11-5-6-12-13(10-11)18-14-16-8-9-17(12)14/h5-6,8-10,15H,2-4,7H2,1H3. The molecule has 0 aliphatic heterocycles. The van der Waals surface area contributed by atoms with Gasteiger partial charge in [0, 0.05) is 12.4 Å². The first-order valence-corrected chi connectivity index (χ1v) is 7.19. The highest BCUT2D eigenvalue weighted by Crippen LogP contribution is 2.26. The van der Waals surface area contributed by atoms with E-state index in [1.807, 2.05) is 19.4 Å². The Hall–Kier alpha value is -1.39. The molecule has 0 aliphatic rings. The Morgan fingerprint density at radius 2 is 2.28 bits per heavy atom. The number of aryl methyl sites for hydroxylation is 1. The minimum absolute atomic E-state index is 1.08. The van der Waals surface area contributed by atoms with Gasteiger partial charge < -0.3 is 5.32 Å². The molecule has 2 heterocycles. The molecular formula is C14H17N3S. The van der Waals surface area contributed by atoms with Gasteiger partial charge in [-0.3, -0.25) is 4.40 Å². The van der Waals surface area contributed by atoms with Crippen LogP contribution >= 0.6 is 11.3 Å². The van der Waals surface area contributed by atoms with Gasteiger partial charge >= 0.3 is 0 Å². The van der Waals surface area contributed by atoms with Crippen molar-refractivity contribution in [2.45, 2.75) is 19.3 Å². The predicted octanol–water partition coefficient (Wildman–Crippen LogP) is 3.09. The Labute approximate surface area is 110 Å². The van der Waals surface area contributed by atoms with Crippen LogP contribution in [0.5, 0.6) is 0 Å². The first-order chi connectivity index (χ1) is 8.88. The van der Waals surface area contributed by atoms with Gasteiger partial charge in [0.1, 0.15) is 0 Å². The number of nitrogens with one attached hydrogen (secondary N) is 1. The molecular weight excluding hydrogens is 242 g/mol. The van der Waals surface area contributed by atoms with Crippen LogP contribution in [0.15, 0.2) is 30.6 Å². The first kappa shape index (κ1) is 11.7. The molecule has 2 aromatic heterocycles. The zero-order valence-corrected chi connectivity index (χ0v) is 11.3. The molecule has 0 fully saturated rings. The molecule has 0 bridgehead atoms. The quantitative estimate of drug-likeness (QED) is 0.713. The van der Waals surface area contributed by atoms with Gasteiger partial charge in [0.2, 0.25) is 0 Å². The lowest BCUT2D eigenvalue weighted by Crippen LogP contribution is -2.07. The van der Waals surface area contributed by atoms with Crippen LogP contribution in [0.2, 0.25) is 0 Å². The van der Waals surface area contributed by atoms with Gasteiger partial charge in [-0.25, -0.2) is 4.98 Å². The lowest BCUT2D eigenvalue weighted by Gasteiger charge is -2.02. The second-order valence-electron chi connectivity index (χ2n) is 4.54. The van der Waals surface area contributed by atoms with Crippen molar-refractivity contribution in [1.82, 2.24) is 14.7 Å². The molecule has 1 aromatic carbocycles. The molecule has 0 spiro atoms. The summed E-state index contributed by atoms with van der Waals surface area (Å²) in [7, 11) is 2.01. The van der Waals surface area contributed by atoms with Crippen molar-refractivity contribution in [2.75, 3.05) is 13.6 Å². The van der Waals surface area contributed by atoms with Crippen LogP contribution in [0.1, 0.15) is 18.4 Å². The van der Waals surface area contributed by atoms with Gasteiger partial charge in [-0.1, -0.05) is 17.4 Å². The van der Waals surface area contributed by atoms with Crippen LogP contribution in [-0.4, -0.2) is 23.0 Å². The van der Waals surface area contributed by atoms with E-state index < -0.39 is 0 Å². The van der Waals surface area contributed by atoms with Crippen LogP contribution in [0.3, 0.4) is 0 Å². The molecule has 0 saturated heterocycles. The highest BCUT2D eigenvalue weighted by atomic mass is 32.1. The number of hydrogen-bond acceptors (Lipinski definition) is 3. The summed E-state index contributed by atoms with van der Waals surface area (Å²) in [5, 5.41) is 3.19. The number of imidazole rings is 1. The van der Waals surface area contributed by atoms with Gasteiger partial charge in [0.15, 0.2) is 4.96 Å². The highest BCUT2D eigenvalue weighted by molar-refractivity contribution is 7.23. The molecule has 94 valence electrons. The fraction of sp³-hybridized carbons (Fsp3) is 0.357. The zero-order valence-electron chi connectivity index (χ0n) is 10.5. The summed E-state index contributed by atoms with van der Waals surface area (Å²) in [6.45, 7) is 1.11. The number of thiazole rings is 1. The molecule has 3 aromatic rings. The molecule has 3 nitrogen and oxygen atoms in total. The van der Waals surface area contributed by atoms with Gasteiger partial charge in [-0.2, -0.15) is 0 Å². The number of unbranched alkanes of at least 4 members (excludes halogenated alkanes) is 1. The summed E-state index contributed by atoms with van der Waals surface area (Å²) in [6, 6.07) is 6.77. The smallest absolute Gasteiger partial charge is 0.194 e. The van der Waals surface area contributed by atoms with E-state index in [2.05, 4.69) is 32.9 Å². The number of nitrogens with zero attached hydrogens (tertiary/aromatic N) is 2. The Kier molecular flexibility index (Phi) is 3.30. The van der Waals surface area contributed by atoms with Crippen LogP contribution in [0.25, 0.3) is 15.2 Å². The first-order valence-electron chi connectivity index (χ1n) is 6.37. The second-order valence-corrected chi connectivity index (χ2v) is 5.55. The van der Waals surface area contributed by atoms with Crippen molar-refractivity contribution >= 4 is 26.5 Å². The van der Waals surface area contributed by atoms with E-state index in [9.17, 15) is 0 Å². The van der Waals surface area contributed by atoms with E-state index in [-0.39, 0.29) is 0 Å². The van der Waals surface area contributed by atoms with Crippen molar-refractivity contribution in [1.29, 1.82) is 0 Å². The summed E-state index contributed by atoms with van der Waals surface area (Å²) in [4.78, 5) is 5.43. The van der Waals surface area contributed by atoms with Gasteiger partial charge in [-0.15, -0.1) is 0 Å². The van der Waals surface area contributed by atoms with Crippen molar-refractivity contribution in [3.05, 3.63) is 36.2 Å². The highest BCUT2D eigenvalue weighted by Gasteiger charge is 2.05. The van der Waals surface area contributed by atoms with E-state index in [0.717, 1.165) is 17.9 Å². The topological polar surface area (TPSA) is 29.3 Å². The molecule has 0 atom stereocenters. The minimum Gasteiger partial charge on any atom is -0.320 e. The summed E-state index contributed by atoms with van der Waals surface area (Å²) >= 11 is 1.77. The molecule has 0 saturated carbocycles. The number of rotatable bonds is 5. The Bertz CT molecular complexity index is 653. The predicted molar refractivity (Wildman–Crippen MR) is 77.4 cm³/mol. The zero-order chi connectivity index (χ0) is 12.4. The second kappa shape index (κ2) is 5.08. The van der Waals surface area contributed by atoms with Crippen molar-refractivity contribution in [3.8, 4) is 0 Å². The third-order valence-electron chi connectivity index (χ3n) is 3.23. The molecule has 0 amide bonds. The summed E-state index contributed by atoms with van der Waals surface area (Å²) in [6.07, 6.45) is 7.53. The maximum Gasteiger partial charge on any atom is 0.194 e. The van der Waals surface area contributed by atoms with Crippen LogP contribution in [-0.2, 0) is 6.42 Å². The fourth-order valence-corrected chi connectivity index (χ4v) is 3.32. The van der Waals surface area contributed by atoms with E-state index >= 15 is 0 Å². The van der Waals surface area contributed by atoms with Gasteiger partial charge in [0.25, 0.3) is 0 Å². The molecule has 18 heavy (non-hydrogen) atoms. The van der Waals surface area contributed by atoms with Gasteiger partial charge in [0.05, 0.1) is 10.2 Å². The molecule has 0 radical (unpaired) electrons. The number of fused-ring (bicyclic) bond motifs is 3. The van der Waals surface area contributed by atoms with E-state index in [0.29, 0.717) is 0 Å². The van der Waals surface area contributed by atoms with E-state index in [4.69, 9.17) is 0 Å². The number of aromatic nitrogens is 2. The Morgan fingerprint density at radius 3 is 3.17 bits per heavy atom. The molecule has 1 N–H and O–H groups in total. The molecule has 0 unspecified atom stereocenters. The third kappa shape index (κ3) is 2.13. The lowest BCUT2D eigenvalue weighted by atomic mass is 10.1. The van der Waals surface area contributed by atoms with Crippen LogP contribution in [0, 0.1) is 0 Å². The van der Waals surface area contributed by atoms with Crippen molar-refractivity contribution in [2.24, 2.45) is 0 Å². The van der Waals surface area contributed by atoms with Crippen LogP contribution in [0.4, 0.5) is 0 Å². The van der Waals surface area contributed by atoms with Gasteiger partial charge in [-0.05, 0) is 50.6 Å². The molecule has 3 rings (SSSR count). The number of hydrogen-bond donors (Lipinski definition) is 1. The van der Waals surface area contributed by atoms with Crippen molar-refractivity contribution < 1.29 is 0 Å². The summed E-state index contributed by atoms with van der Waals surface area (Å²) in [5.41, 5.74) is 2.70. The maximum atomic E-state index is 4.35. The fourth-order valence-electron chi connectivity index (χ4n) is 2.27. The average molecular weight is 259 g/mol. The molecule has 0 aliphatic carbocycles. The van der Waals surface area contributed by atoms with E-state index in [1.165, 1.54) is 28.6 Å². The van der Waals surface area contributed by atoms with Crippen molar-refractivity contribution in [3.63, 3.8) is 0 Å². The third-order valence-corrected chi connectivity index (χ3v) is 4.27. The molecule has 4 heteroatoms. The Balaban J connectivity index is 1.82. The number of benzene rings is 1. The SMILES string of the molecule is CNCCCCc1ccc2c(c1)sc1nccn12. The van der Waals surface area contributed by atoms with E-state index in [1.54, 1.807) is 11.3 Å². The largest absolute Gasteiger partial charge is 0.320 e. The average Bonchev–Trinajstić information content (AvgIpc) is 2.94. The van der Waals surface area contributed by atoms with Crippen LogP contribution < -0.4 is 5.32 Å². The maximum absolute atomic E-state index is 4.35. The normalized spacial score (nSPS) is 11.6.